The van der Waals surface area contributed by atoms with E-state index in [1.807, 2.05) is 29.2 Å². The molecule has 4 aromatic heterocycles. The SMILES string of the molecule is COC(=O)NC1(c2cnn(C)c2)CCCN(c2cnc(-c3ccc(F)c(F)c3)cc2C(=O)OC)C1.COC(=O)c1cc(-c2ccc(F)c(F)c2)ncc1N1CCCC(N)(c2cnn(C)c2)C1. The van der Waals surface area contributed by atoms with Crippen molar-refractivity contribution in [3.63, 3.8) is 0 Å². The molecule has 2 saturated heterocycles. The normalized spacial score (nSPS) is 18.2. The van der Waals surface area contributed by atoms with Crippen LogP contribution in [0, 0.1) is 23.3 Å². The van der Waals surface area contributed by atoms with Gasteiger partial charge in [-0.2, -0.15) is 10.2 Å². The Hall–Kier alpha value is -7.35. The summed E-state index contributed by atoms with van der Waals surface area (Å²) in [5.74, 6) is -5.07. The lowest BCUT2D eigenvalue weighted by Crippen LogP contribution is -2.56. The smallest absolute Gasteiger partial charge is 0.407 e. The van der Waals surface area contributed by atoms with Crippen molar-refractivity contribution < 1.29 is 46.2 Å². The van der Waals surface area contributed by atoms with E-state index in [4.69, 9.17) is 19.9 Å². The van der Waals surface area contributed by atoms with Crippen molar-refractivity contribution in [1.82, 2.24) is 34.8 Å². The van der Waals surface area contributed by atoms with Gasteiger partial charge < -0.3 is 35.1 Å². The van der Waals surface area contributed by atoms with Crippen molar-refractivity contribution in [2.45, 2.75) is 36.8 Å². The second-order valence-electron chi connectivity index (χ2n) is 16.1. The summed E-state index contributed by atoms with van der Waals surface area (Å²) in [5, 5.41) is 11.4. The molecule has 2 aliphatic rings. The molecule has 0 saturated carbocycles. The van der Waals surface area contributed by atoms with Crippen molar-refractivity contribution in [3.05, 3.63) is 131 Å². The van der Waals surface area contributed by atoms with Crippen LogP contribution in [0.2, 0.25) is 0 Å². The van der Waals surface area contributed by atoms with Crippen LogP contribution >= 0.6 is 0 Å². The molecule has 1 amide bonds. The Morgan fingerprint density at radius 1 is 0.636 bits per heavy atom. The average Bonchev–Trinajstić information content (AvgIpc) is 3.99. The summed E-state index contributed by atoms with van der Waals surface area (Å²) in [4.78, 5) is 50.3. The number of aryl methyl sites for hydroxylation is 2. The molecule has 8 rings (SSSR count). The summed E-state index contributed by atoms with van der Waals surface area (Å²) in [6.07, 6.45) is 12.5. The van der Waals surface area contributed by atoms with Gasteiger partial charge in [-0.25, -0.2) is 31.9 Å². The highest BCUT2D eigenvalue weighted by atomic mass is 19.2. The van der Waals surface area contributed by atoms with Gasteiger partial charge in [-0.05, 0) is 74.2 Å². The Morgan fingerprint density at radius 2 is 1.12 bits per heavy atom. The zero-order valence-electron chi connectivity index (χ0n) is 36.9. The summed E-state index contributed by atoms with van der Waals surface area (Å²) in [7, 11) is 7.47. The lowest BCUT2D eigenvalue weighted by atomic mass is 9.83. The van der Waals surface area contributed by atoms with Crippen LogP contribution in [0.5, 0.6) is 0 Å². The maximum atomic E-state index is 13.8. The minimum Gasteiger partial charge on any atom is -0.465 e. The maximum absolute atomic E-state index is 13.8. The molecule has 66 heavy (non-hydrogen) atoms. The molecule has 346 valence electrons. The number of hydrogen-bond acceptors (Lipinski definition) is 13. The fraction of sp³-hybridized carbons (Fsp3) is 0.326. The lowest BCUT2D eigenvalue weighted by molar-refractivity contribution is 0.0592. The molecule has 16 nitrogen and oxygen atoms in total. The predicted octanol–water partition coefficient (Wildman–Crippen LogP) is 6.40. The highest BCUT2D eigenvalue weighted by Crippen LogP contribution is 2.37. The predicted molar refractivity (Wildman–Crippen MR) is 234 cm³/mol. The van der Waals surface area contributed by atoms with Gasteiger partial charge in [0, 0.05) is 74.9 Å². The monoisotopic (exact) mass is 912 g/mol. The Morgan fingerprint density at radius 3 is 1.58 bits per heavy atom. The van der Waals surface area contributed by atoms with Crippen LogP contribution in [0.3, 0.4) is 0 Å². The Balaban J connectivity index is 0.000000198. The van der Waals surface area contributed by atoms with Gasteiger partial charge in [0.1, 0.15) is 0 Å². The third-order valence-electron chi connectivity index (χ3n) is 11.8. The van der Waals surface area contributed by atoms with Gasteiger partial charge in [-0.1, -0.05) is 0 Å². The van der Waals surface area contributed by atoms with Crippen molar-refractivity contribution >= 4 is 29.4 Å². The number of nitrogens with two attached hydrogens (primary N) is 1. The topological polar surface area (TPSA) is 185 Å². The number of amides is 1. The molecule has 20 heteroatoms. The average molecular weight is 913 g/mol. The Kier molecular flexibility index (Phi) is 13.7. The second-order valence-corrected chi connectivity index (χ2v) is 16.1. The first kappa shape index (κ1) is 46.6. The molecule has 2 atom stereocenters. The quantitative estimate of drug-likeness (QED) is 0.0924. The van der Waals surface area contributed by atoms with Crippen molar-refractivity contribution in [2.24, 2.45) is 19.8 Å². The maximum Gasteiger partial charge on any atom is 0.407 e. The number of esters is 2. The van der Waals surface area contributed by atoms with Gasteiger partial charge >= 0.3 is 18.0 Å². The van der Waals surface area contributed by atoms with Crippen LogP contribution in [0.25, 0.3) is 22.5 Å². The lowest BCUT2D eigenvalue weighted by Gasteiger charge is -2.43. The molecule has 6 heterocycles. The molecular formula is C46H48F4N10O6. The number of halogens is 4. The van der Waals surface area contributed by atoms with E-state index in [1.165, 1.54) is 51.8 Å². The van der Waals surface area contributed by atoms with Gasteiger partial charge in [0.25, 0.3) is 0 Å². The number of methoxy groups -OCH3 is 3. The highest BCUT2D eigenvalue weighted by molar-refractivity contribution is 5.97. The van der Waals surface area contributed by atoms with E-state index < -0.39 is 52.4 Å². The standard InChI is InChI=1S/C24H25F2N5O4.C22H23F2N5O2/c1-30-13-16(11-28-30)24(29-23(33)35-3)7-4-8-31(14-24)21-12-27-20(10-17(21)22(32)34-2)15-5-6-18(25)19(26)9-15;1-28-12-15(10-27-28)22(25)6-3-7-29(13-22)20-11-26-19(9-16(20)21(30)31-2)14-4-5-17(23)18(24)8-14/h5-6,9-13H,4,7-8,14H2,1-3H3,(H,29,33);4-5,8-12H,3,6-7,13,25H2,1-2H3. The Bertz CT molecular complexity index is 2770. The van der Waals surface area contributed by atoms with Crippen LogP contribution in [0.4, 0.5) is 33.7 Å². The molecule has 0 aliphatic carbocycles. The Labute approximate surface area is 377 Å². The fourth-order valence-corrected chi connectivity index (χ4v) is 8.36. The molecule has 0 radical (unpaired) electrons. The zero-order chi connectivity index (χ0) is 47.3. The van der Waals surface area contributed by atoms with E-state index in [-0.39, 0.29) is 16.8 Å². The van der Waals surface area contributed by atoms with Crippen molar-refractivity contribution in [2.75, 3.05) is 57.3 Å². The molecule has 6 aromatic rings. The van der Waals surface area contributed by atoms with Crippen LogP contribution in [0.1, 0.15) is 57.5 Å². The van der Waals surface area contributed by atoms with Crippen LogP contribution < -0.4 is 20.9 Å². The number of ether oxygens (including phenoxy) is 3. The number of piperidine rings is 2. The van der Waals surface area contributed by atoms with Crippen molar-refractivity contribution in [3.8, 4) is 22.5 Å². The van der Waals surface area contributed by atoms with E-state index in [1.54, 1.807) is 35.0 Å². The van der Waals surface area contributed by atoms with E-state index in [2.05, 4.69) is 25.5 Å². The molecule has 2 aliphatic heterocycles. The summed E-state index contributed by atoms with van der Waals surface area (Å²) >= 11 is 0. The number of alkyl carbamates (subject to hydrolysis) is 1. The summed E-state index contributed by atoms with van der Waals surface area (Å²) in [6, 6.07) is 9.92. The number of nitrogens with zero attached hydrogens (tertiary/aromatic N) is 8. The number of carbonyl (C=O) groups is 3. The highest BCUT2D eigenvalue weighted by Gasteiger charge is 2.41. The number of benzene rings is 2. The summed E-state index contributed by atoms with van der Waals surface area (Å²) < 4.78 is 72.4. The number of rotatable bonds is 9. The third kappa shape index (κ3) is 9.82. The molecular weight excluding hydrogens is 865 g/mol. The minimum absolute atomic E-state index is 0.210. The number of aromatic nitrogens is 6. The molecule has 0 spiro atoms. The molecule has 2 aromatic carbocycles. The second kappa shape index (κ2) is 19.4. The largest absolute Gasteiger partial charge is 0.465 e. The van der Waals surface area contributed by atoms with Crippen LogP contribution in [0.15, 0.2) is 85.7 Å². The van der Waals surface area contributed by atoms with Gasteiger partial charge in [0.2, 0.25) is 0 Å². The first-order valence-corrected chi connectivity index (χ1v) is 20.8. The van der Waals surface area contributed by atoms with E-state index in [0.717, 1.165) is 48.2 Å². The van der Waals surface area contributed by atoms with E-state index >= 15 is 0 Å². The number of hydrogen-bond donors (Lipinski definition) is 2. The molecule has 0 bridgehead atoms. The van der Waals surface area contributed by atoms with Gasteiger partial charge in [0.05, 0.1) is 91.1 Å². The third-order valence-corrected chi connectivity index (χ3v) is 11.8. The molecule has 2 fully saturated rings. The summed E-state index contributed by atoms with van der Waals surface area (Å²) in [6.45, 7) is 2.05. The number of anilines is 2. The van der Waals surface area contributed by atoms with E-state index in [9.17, 15) is 31.9 Å². The van der Waals surface area contributed by atoms with Crippen LogP contribution in [-0.2, 0) is 39.4 Å². The van der Waals surface area contributed by atoms with Crippen molar-refractivity contribution in [1.29, 1.82) is 0 Å². The van der Waals surface area contributed by atoms with E-state index in [0.29, 0.717) is 67.2 Å². The van der Waals surface area contributed by atoms with Gasteiger partial charge in [-0.3, -0.25) is 19.3 Å². The number of pyridine rings is 2. The summed E-state index contributed by atoms with van der Waals surface area (Å²) in [5.41, 5.74) is 9.85. The van der Waals surface area contributed by atoms with Gasteiger partial charge in [0.15, 0.2) is 23.3 Å². The van der Waals surface area contributed by atoms with Crippen LogP contribution in [-0.4, -0.2) is 95.1 Å². The fourth-order valence-electron chi connectivity index (χ4n) is 8.36. The zero-order valence-corrected chi connectivity index (χ0v) is 36.9. The number of nitrogens with one attached hydrogen (secondary N) is 1. The first-order valence-electron chi connectivity index (χ1n) is 20.8. The number of carbonyl (C=O) groups excluding carboxylic acids is 3. The molecule has 3 N–H and O–H groups in total. The minimum atomic E-state index is -1.01. The molecule has 2 unspecified atom stereocenters. The van der Waals surface area contributed by atoms with Gasteiger partial charge in [-0.15, -0.1) is 0 Å². The first-order chi connectivity index (χ1) is 31.6.